The summed E-state index contributed by atoms with van der Waals surface area (Å²) in [6, 6.07) is 11.7. The van der Waals surface area contributed by atoms with Crippen molar-refractivity contribution >= 4 is 35.1 Å². The van der Waals surface area contributed by atoms with Gasteiger partial charge in [0.05, 0.1) is 18.2 Å². The van der Waals surface area contributed by atoms with Crippen LogP contribution in [0.2, 0.25) is 10.0 Å². The van der Waals surface area contributed by atoms with Crippen molar-refractivity contribution in [2.24, 2.45) is 0 Å². The summed E-state index contributed by atoms with van der Waals surface area (Å²) in [4.78, 5) is 24.2. The van der Waals surface area contributed by atoms with Crippen molar-refractivity contribution in [3.63, 3.8) is 0 Å². The van der Waals surface area contributed by atoms with Gasteiger partial charge in [0.25, 0.3) is 5.91 Å². The molecule has 0 aliphatic heterocycles. The third kappa shape index (κ3) is 6.04. The molecule has 0 saturated carbocycles. The molecule has 6 nitrogen and oxygen atoms in total. The summed E-state index contributed by atoms with van der Waals surface area (Å²) in [7, 11) is 1.56. The number of carbonyl (C=O) groups is 2. The maximum atomic E-state index is 12.1. The van der Waals surface area contributed by atoms with E-state index in [4.69, 9.17) is 37.4 Å². The molecular weight excluding hydrogens is 405 g/mol. The number of nitrogens with one attached hydrogen (secondary N) is 1. The lowest BCUT2D eigenvalue weighted by atomic mass is 10.1. The maximum Gasteiger partial charge on any atom is 0.347 e. The molecule has 0 radical (unpaired) electrons. The number of esters is 1. The largest absolute Gasteiger partial charge is 0.496 e. The van der Waals surface area contributed by atoms with Crippen molar-refractivity contribution in [3.8, 4) is 11.5 Å². The number of methoxy groups -OCH3 is 1. The van der Waals surface area contributed by atoms with Crippen LogP contribution in [0, 0.1) is 0 Å². The van der Waals surface area contributed by atoms with E-state index in [0.717, 1.165) is 5.56 Å². The lowest BCUT2D eigenvalue weighted by Gasteiger charge is -2.18. The SMILES string of the molecule is COc1ccccc1C(C)NC(=O)COC(=O)C(C)Oc1ccc(Cl)cc1Cl. The molecule has 0 aliphatic carbocycles. The zero-order valence-corrected chi connectivity index (χ0v) is 17.2. The Morgan fingerprint density at radius 3 is 2.46 bits per heavy atom. The van der Waals surface area contributed by atoms with Crippen LogP contribution in [0.25, 0.3) is 0 Å². The second-order valence-corrected chi connectivity index (χ2v) is 6.82. The van der Waals surface area contributed by atoms with Gasteiger partial charge >= 0.3 is 5.97 Å². The first-order chi connectivity index (χ1) is 13.3. The Balaban J connectivity index is 1.85. The first-order valence-electron chi connectivity index (χ1n) is 8.52. The lowest BCUT2D eigenvalue weighted by Crippen LogP contribution is -2.34. The molecule has 1 N–H and O–H groups in total. The number of ether oxygens (including phenoxy) is 3. The molecule has 0 saturated heterocycles. The van der Waals surface area contributed by atoms with Gasteiger partial charge in [-0.15, -0.1) is 0 Å². The smallest absolute Gasteiger partial charge is 0.347 e. The topological polar surface area (TPSA) is 73.9 Å². The Hall–Kier alpha value is -2.44. The second kappa shape index (κ2) is 10.2. The predicted molar refractivity (Wildman–Crippen MR) is 107 cm³/mol. The van der Waals surface area contributed by atoms with Crippen molar-refractivity contribution in [2.75, 3.05) is 13.7 Å². The molecule has 0 spiro atoms. The Bertz CT molecular complexity index is 843. The van der Waals surface area contributed by atoms with Crippen molar-refractivity contribution in [2.45, 2.75) is 26.0 Å². The van der Waals surface area contributed by atoms with E-state index < -0.39 is 24.6 Å². The summed E-state index contributed by atoms with van der Waals surface area (Å²) >= 11 is 11.8. The zero-order chi connectivity index (χ0) is 20.7. The third-order valence-electron chi connectivity index (χ3n) is 3.86. The first kappa shape index (κ1) is 21.9. The molecule has 0 fully saturated rings. The highest BCUT2D eigenvalue weighted by Crippen LogP contribution is 2.28. The molecule has 0 heterocycles. The molecule has 0 bridgehead atoms. The van der Waals surface area contributed by atoms with Crippen LogP contribution in [0.5, 0.6) is 11.5 Å². The minimum absolute atomic E-state index is 0.274. The predicted octanol–water partition coefficient (Wildman–Crippen LogP) is 4.19. The number of hydrogen-bond donors (Lipinski definition) is 1. The number of halogens is 2. The van der Waals surface area contributed by atoms with E-state index in [1.54, 1.807) is 25.3 Å². The number of amides is 1. The fourth-order valence-corrected chi connectivity index (χ4v) is 2.90. The molecule has 1 amide bonds. The number of rotatable bonds is 8. The summed E-state index contributed by atoms with van der Waals surface area (Å²) in [6.45, 7) is 2.88. The van der Waals surface area contributed by atoms with Gasteiger partial charge < -0.3 is 19.5 Å². The van der Waals surface area contributed by atoms with Gasteiger partial charge in [0, 0.05) is 10.6 Å². The Labute approximate surface area is 173 Å². The minimum atomic E-state index is -0.946. The van der Waals surface area contributed by atoms with Gasteiger partial charge in [-0.2, -0.15) is 0 Å². The van der Waals surface area contributed by atoms with Crippen LogP contribution in [0.1, 0.15) is 25.5 Å². The average molecular weight is 426 g/mol. The van der Waals surface area contributed by atoms with E-state index in [1.807, 2.05) is 25.1 Å². The van der Waals surface area contributed by atoms with Gasteiger partial charge in [0.15, 0.2) is 12.7 Å². The van der Waals surface area contributed by atoms with Crippen LogP contribution in [-0.4, -0.2) is 31.7 Å². The highest BCUT2D eigenvalue weighted by atomic mass is 35.5. The van der Waals surface area contributed by atoms with E-state index in [0.29, 0.717) is 16.5 Å². The van der Waals surface area contributed by atoms with Crippen molar-refractivity contribution in [3.05, 3.63) is 58.1 Å². The summed E-state index contributed by atoms with van der Waals surface area (Å²) in [5, 5.41) is 3.48. The summed E-state index contributed by atoms with van der Waals surface area (Å²) in [5.41, 5.74) is 0.818. The highest BCUT2D eigenvalue weighted by molar-refractivity contribution is 6.35. The lowest BCUT2D eigenvalue weighted by molar-refractivity contribution is -0.154. The number of benzene rings is 2. The van der Waals surface area contributed by atoms with Crippen LogP contribution in [0.4, 0.5) is 0 Å². The van der Waals surface area contributed by atoms with Gasteiger partial charge in [-0.25, -0.2) is 4.79 Å². The molecule has 0 aliphatic rings. The summed E-state index contributed by atoms with van der Waals surface area (Å²) in [6.07, 6.45) is -0.946. The highest BCUT2D eigenvalue weighted by Gasteiger charge is 2.20. The minimum Gasteiger partial charge on any atom is -0.496 e. The van der Waals surface area contributed by atoms with Gasteiger partial charge in [-0.1, -0.05) is 41.4 Å². The number of para-hydroxylation sites is 1. The molecule has 2 aromatic rings. The van der Waals surface area contributed by atoms with Crippen molar-refractivity contribution < 1.29 is 23.8 Å². The fraction of sp³-hybridized carbons (Fsp3) is 0.300. The first-order valence-corrected chi connectivity index (χ1v) is 9.28. The van der Waals surface area contributed by atoms with E-state index in [-0.39, 0.29) is 11.1 Å². The van der Waals surface area contributed by atoms with Crippen LogP contribution >= 0.6 is 23.2 Å². The quantitative estimate of drug-likeness (QED) is 0.641. The van der Waals surface area contributed by atoms with Crippen molar-refractivity contribution in [1.82, 2.24) is 5.32 Å². The molecule has 28 heavy (non-hydrogen) atoms. The molecule has 150 valence electrons. The van der Waals surface area contributed by atoms with E-state index in [2.05, 4.69) is 5.32 Å². The van der Waals surface area contributed by atoms with E-state index in [9.17, 15) is 9.59 Å². The number of hydrogen-bond acceptors (Lipinski definition) is 5. The molecule has 2 aromatic carbocycles. The molecule has 2 atom stereocenters. The fourth-order valence-electron chi connectivity index (χ4n) is 2.45. The van der Waals surface area contributed by atoms with E-state index >= 15 is 0 Å². The van der Waals surface area contributed by atoms with Crippen LogP contribution in [0.15, 0.2) is 42.5 Å². The van der Waals surface area contributed by atoms with Gasteiger partial charge in [0.2, 0.25) is 0 Å². The Morgan fingerprint density at radius 1 is 1.07 bits per heavy atom. The Kier molecular flexibility index (Phi) is 7.96. The van der Waals surface area contributed by atoms with Crippen LogP contribution in [0.3, 0.4) is 0 Å². The Morgan fingerprint density at radius 2 is 1.79 bits per heavy atom. The van der Waals surface area contributed by atoms with Gasteiger partial charge in [-0.05, 0) is 38.1 Å². The standard InChI is InChI=1S/C20H21Cl2NO5/c1-12(15-6-4-5-7-17(15)26-3)23-19(24)11-27-20(25)13(2)28-18-9-8-14(21)10-16(18)22/h4-10,12-13H,11H2,1-3H3,(H,23,24). The van der Waals surface area contributed by atoms with Gasteiger partial charge in [0.1, 0.15) is 11.5 Å². The molecule has 0 aromatic heterocycles. The molecular formula is C20H21Cl2NO5. The van der Waals surface area contributed by atoms with E-state index in [1.165, 1.54) is 13.0 Å². The number of carbonyl (C=O) groups excluding carboxylic acids is 2. The zero-order valence-electron chi connectivity index (χ0n) is 15.7. The second-order valence-electron chi connectivity index (χ2n) is 5.97. The average Bonchev–Trinajstić information content (AvgIpc) is 2.68. The van der Waals surface area contributed by atoms with Gasteiger partial charge in [-0.3, -0.25) is 4.79 Å². The molecule has 2 rings (SSSR count). The monoisotopic (exact) mass is 425 g/mol. The summed E-state index contributed by atoms with van der Waals surface area (Å²) in [5.74, 6) is -0.173. The maximum absolute atomic E-state index is 12.1. The molecule has 2 unspecified atom stereocenters. The summed E-state index contributed by atoms with van der Waals surface area (Å²) < 4.78 is 15.8. The normalized spacial score (nSPS) is 12.6. The van der Waals surface area contributed by atoms with Crippen molar-refractivity contribution in [1.29, 1.82) is 0 Å². The molecule has 8 heteroatoms. The van der Waals surface area contributed by atoms with Crippen LogP contribution in [-0.2, 0) is 14.3 Å². The van der Waals surface area contributed by atoms with Crippen LogP contribution < -0.4 is 14.8 Å². The third-order valence-corrected chi connectivity index (χ3v) is 4.39.